The molecule has 0 saturated carbocycles. The summed E-state index contributed by atoms with van der Waals surface area (Å²) in [6.07, 6.45) is -6.88. The number of nitrogens with zero attached hydrogens (tertiary/aromatic N) is 2. The third-order valence-corrected chi connectivity index (χ3v) is 5.01. The molecular formula is C21H17F5N2O3. The zero-order valence-electron chi connectivity index (χ0n) is 16.5. The summed E-state index contributed by atoms with van der Waals surface area (Å²) in [5.74, 6) is -3.55. The topological polar surface area (TPSA) is 62.6 Å². The van der Waals surface area contributed by atoms with Crippen LogP contribution in [0.2, 0.25) is 0 Å². The van der Waals surface area contributed by atoms with Gasteiger partial charge in [0.05, 0.1) is 12.7 Å². The summed E-state index contributed by atoms with van der Waals surface area (Å²) in [7, 11) is 1.18. The second kappa shape index (κ2) is 8.41. The van der Waals surface area contributed by atoms with E-state index in [1.165, 1.54) is 24.1 Å². The highest BCUT2D eigenvalue weighted by molar-refractivity contribution is 6.01. The summed E-state index contributed by atoms with van der Waals surface area (Å²) in [5.41, 5.74) is 0.139. The van der Waals surface area contributed by atoms with E-state index in [1.807, 2.05) is 6.07 Å². The molecule has 3 rings (SSSR count). The summed E-state index contributed by atoms with van der Waals surface area (Å²) < 4.78 is 75.6. The Morgan fingerprint density at radius 2 is 1.87 bits per heavy atom. The normalized spacial score (nSPS) is 15.1. The van der Waals surface area contributed by atoms with Crippen LogP contribution in [0, 0.1) is 23.0 Å². The molecule has 0 N–H and O–H groups in total. The number of benzene rings is 2. The smallest absolute Gasteiger partial charge is 0.425 e. The first-order valence-corrected chi connectivity index (χ1v) is 9.15. The van der Waals surface area contributed by atoms with Crippen molar-refractivity contribution in [3.8, 4) is 17.6 Å². The van der Waals surface area contributed by atoms with Gasteiger partial charge in [0.15, 0.2) is 23.5 Å². The Balaban J connectivity index is 1.89. The molecule has 1 fully saturated rings. The Morgan fingerprint density at radius 1 is 1.19 bits per heavy atom. The van der Waals surface area contributed by atoms with Crippen LogP contribution in [-0.2, 0) is 0 Å². The van der Waals surface area contributed by atoms with Crippen LogP contribution in [0.4, 0.5) is 22.0 Å². The quantitative estimate of drug-likeness (QED) is 0.646. The molecule has 0 bridgehead atoms. The van der Waals surface area contributed by atoms with Crippen molar-refractivity contribution < 1.29 is 36.2 Å². The van der Waals surface area contributed by atoms with Crippen LogP contribution in [0.5, 0.6) is 11.5 Å². The fourth-order valence-corrected chi connectivity index (χ4v) is 3.20. The zero-order valence-corrected chi connectivity index (χ0v) is 16.5. The number of ether oxygens (including phenoxy) is 2. The Bertz CT molecular complexity index is 1040. The lowest BCUT2D eigenvalue weighted by Gasteiger charge is -2.40. The number of nitriles is 1. The molecule has 164 valence electrons. The first-order chi connectivity index (χ1) is 14.6. The van der Waals surface area contributed by atoms with Crippen LogP contribution < -0.4 is 9.47 Å². The van der Waals surface area contributed by atoms with Crippen molar-refractivity contribution in [2.45, 2.75) is 25.1 Å². The van der Waals surface area contributed by atoms with Crippen molar-refractivity contribution in [2.75, 3.05) is 20.2 Å². The molecule has 1 aliphatic rings. The Labute approximate surface area is 174 Å². The van der Waals surface area contributed by atoms with Crippen molar-refractivity contribution in [3.63, 3.8) is 0 Å². The number of hydrogen-bond acceptors (Lipinski definition) is 4. The Hall–Kier alpha value is -3.35. The van der Waals surface area contributed by atoms with Gasteiger partial charge >= 0.3 is 6.18 Å². The Kier molecular flexibility index (Phi) is 6.06. The molecule has 31 heavy (non-hydrogen) atoms. The van der Waals surface area contributed by atoms with E-state index >= 15 is 0 Å². The second-order valence-corrected chi connectivity index (χ2v) is 7.01. The van der Waals surface area contributed by atoms with E-state index in [0.29, 0.717) is 5.56 Å². The van der Waals surface area contributed by atoms with Gasteiger partial charge in [-0.1, -0.05) is 6.07 Å². The number of likely N-dealkylation sites (tertiary alicyclic amines) is 1. The van der Waals surface area contributed by atoms with Gasteiger partial charge in [-0.05, 0) is 36.8 Å². The fraction of sp³-hybridized carbons (Fsp3) is 0.333. The minimum absolute atomic E-state index is 0.0458. The highest BCUT2D eigenvalue weighted by Crippen LogP contribution is 2.38. The Morgan fingerprint density at radius 3 is 2.42 bits per heavy atom. The molecule has 0 radical (unpaired) electrons. The molecule has 1 heterocycles. The minimum atomic E-state index is -4.67. The summed E-state index contributed by atoms with van der Waals surface area (Å²) >= 11 is 0. The lowest BCUT2D eigenvalue weighted by atomic mass is 9.90. The van der Waals surface area contributed by atoms with Crippen molar-refractivity contribution in [2.24, 2.45) is 0 Å². The van der Waals surface area contributed by atoms with Gasteiger partial charge in [-0.15, -0.1) is 0 Å². The standard InChI is InChI=1S/C21H17F5N2O3/c1-11(21(24,25)26)31-17-6-4-13(8-27)19(30-2)18(17)20(29)28-9-14(10-28)12-3-5-15(22)16(23)7-12/h3-7,11,14H,9-10H2,1-2H3. The number of amides is 1. The van der Waals surface area contributed by atoms with Crippen LogP contribution in [0.25, 0.3) is 0 Å². The lowest BCUT2D eigenvalue weighted by molar-refractivity contribution is -0.189. The molecular weight excluding hydrogens is 423 g/mol. The molecule has 0 aliphatic carbocycles. The van der Waals surface area contributed by atoms with Crippen LogP contribution >= 0.6 is 0 Å². The van der Waals surface area contributed by atoms with Crippen LogP contribution in [0.1, 0.15) is 34.3 Å². The van der Waals surface area contributed by atoms with Gasteiger partial charge in [-0.25, -0.2) is 8.78 Å². The molecule has 1 unspecified atom stereocenters. The summed E-state index contributed by atoms with van der Waals surface area (Å²) in [4.78, 5) is 14.4. The number of alkyl halides is 3. The number of halogens is 5. The van der Waals surface area contributed by atoms with Gasteiger partial charge in [0.1, 0.15) is 17.4 Å². The monoisotopic (exact) mass is 440 g/mol. The van der Waals surface area contributed by atoms with Gasteiger partial charge in [-0.3, -0.25) is 4.79 Å². The summed E-state index contributed by atoms with van der Waals surface area (Å²) in [6, 6.07) is 7.57. The maximum absolute atomic E-state index is 13.5. The van der Waals surface area contributed by atoms with Crippen molar-refractivity contribution in [3.05, 3.63) is 58.7 Å². The predicted octanol–water partition coefficient (Wildman–Crippen LogP) is 4.41. The molecule has 0 spiro atoms. The van der Waals surface area contributed by atoms with Gasteiger partial charge in [-0.2, -0.15) is 18.4 Å². The lowest BCUT2D eigenvalue weighted by Crippen LogP contribution is -2.48. The summed E-state index contributed by atoms with van der Waals surface area (Å²) in [5, 5.41) is 9.26. The highest BCUT2D eigenvalue weighted by atomic mass is 19.4. The second-order valence-electron chi connectivity index (χ2n) is 7.01. The average molecular weight is 440 g/mol. The van der Waals surface area contributed by atoms with E-state index in [9.17, 15) is 32.0 Å². The first-order valence-electron chi connectivity index (χ1n) is 9.15. The largest absolute Gasteiger partial charge is 0.494 e. The molecule has 1 amide bonds. The first kappa shape index (κ1) is 22.3. The number of hydrogen-bond donors (Lipinski definition) is 0. The number of methoxy groups -OCH3 is 1. The minimum Gasteiger partial charge on any atom is -0.494 e. The third-order valence-electron chi connectivity index (χ3n) is 5.01. The van der Waals surface area contributed by atoms with Crippen molar-refractivity contribution in [1.29, 1.82) is 5.26 Å². The molecule has 2 aromatic carbocycles. The fourth-order valence-electron chi connectivity index (χ4n) is 3.20. The number of rotatable bonds is 5. The van der Waals surface area contributed by atoms with Crippen LogP contribution in [-0.4, -0.2) is 43.3 Å². The van der Waals surface area contributed by atoms with E-state index < -0.39 is 29.8 Å². The molecule has 1 aliphatic heterocycles. The van der Waals surface area contributed by atoms with Gasteiger partial charge in [0, 0.05) is 19.0 Å². The highest BCUT2D eigenvalue weighted by Gasteiger charge is 2.40. The van der Waals surface area contributed by atoms with Crippen LogP contribution in [0.15, 0.2) is 30.3 Å². The van der Waals surface area contributed by atoms with E-state index in [1.54, 1.807) is 0 Å². The van der Waals surface area contributed by atoms with E-state index in [4.69, 9.17) is 9.47 Å². The van der Waals surface area contributed by atoms with E-state index in [0.717, 1.165) is 25.1 Å². The van der Waals surface area contributed by atoms with Crippen LogP contribution in [0.3, 0.4) is 0 Å². The van der Waals surface area contributed by atoms with Gasteiger partial charge in [0.2, 0.25) is 0 Å². The number of carbonyl (C=O) groups excluding carboxylic acids is 1. The maximum atomic E-state index is 13.5. The van der Waals surface area contributed by atoms with E-state index in [2.05, 4.69) is 0 Å². The molecule has 10 heteroatoms. The molecule has 1 saturated heterocycles. The predicted molar refractivity (Wildman–Crippen MR) is 98.9 cm³/mol. The molecule has 1 atom stereocenters. The maximum Gasteiger partial charge on any atom is 0.425 e. The molecule has 5 nitrogen and oxygen atoms in total. The zero-order chi connectivity index (χ0) is 22.9. The summed E-state index contributed by atoms with van der Waals surface area (Å²) in [6.45, 7) is 1.04. The van der Waals surface area contributed by atoms with Gasteiger partial charge in [0.25, 0.3) is 5.91 Å². The third kappa shape index (κ3) is 4.40. The van der Waals surface area contributed by atoms with E-state index in [-0.39, 0.29) is 41.6 Å². The van der Waals surface area contributed by atoms with Crippen molar-refractivity contribution >= 4 is 5.91 Å². The van der Waals surface area contributed by atoms with Crippen molar-refractivity contribution in [1.82, 2.24) is 4.90 Å². The van der Waals surface area contributed by atoms with Gasteiger partial charge < -0.3 is 14.4 Å². The SMILES string of the molecule is COc1c(C#N)ccc(OC(C)C(F)(F)F)c1C(=O)N1CC(c2ccc(F)c(F)c2)C1. The molecule has 2 aromatic rings. The number of carbonyl (C=O) groups is 1. The molecule has 0 aromatic heterocycles. The average Bonchev–Trinajstić information content (AvgIpc) is 2.68.